The summed E-state index contributed by atoms with van der Waals surface area (Å²) in [4.78, 5) is 27.3. The molecule has 1 fully saturated rings. The van der Waals surface area contributed by atoms with Crippen molar-refractivity contribution in [2.45, 2.75) is 39.7 Å². The molecule has 2 amide bonds. The van der Waals surface area contributed by atoms with E-state index in [-0.39, 0.29) is 18.0 Å². The maximum absolute atomic E-state index is 12.7. The lowest BCUT2D eigenvalue weighted by Gasteiger charge is -2.34. The number of amides is 2. The third kappa shape index (κ3) is 4.95. The third-order valence-corrected chi connectivity index (χ3v) is 4.78. The van der Waals surface area contributed by atoms with E-state index in [0.29, 0.717) is 25.6 Å². The molecule has 25 heavy (non-hydrogen) atoms. The van der Waals surface area contributed by atoms with E-state index < -0.39 is 0 Å². The first-order valence-corrected chi connectivity index (χ1v) is 9.10. The third-order valence-electron chi connectivity index (χ3n) is 4.78. The van der Waals surface area contributed by atoms with Crippen LogP contribution in [0.1, 0.15) is 39.2 Å². The highest BCUT2D eigenvalue weighted by atomic mass is 16.6. The average Bonchev–Trinajstić information content (AvgIpc) is 2.61. The Kier molecular flexibility index (Phi) is 6.82. The zero-order valence-electron chi connectivity index (χ0n) is 15.7. The van der Waals surface area contributed by atoms with E-state index in [2.05, 4.69) is 25.2 Å². The van der Waals surface area contributed by atoms with Crippen LogP contribution < -0.4 is 10.2 Å². The van der Waals surface area contributed by atoms with Gasteiger partial charge in [0.05, 0.1) is 32.8 Å². The van der Waals surface area contributed by atoms with Gasteiger partial charge in [-0.2, -0.15) is 0 Å². The normalized spacial score (nSPS) is 16.6. The molecule has 0 aliphatic carbocycles. The van der Waals surface area contributed by atoms with E-state index >= 15 is 0 Å². The minimum absolute atomic E-state index is 0.0210. The number of hydrogen-bond acceptors (Lipinski definition) is 3. The van der Waals surface area contributed by atoms with Crippen LogP contribution in [-0.4, -0.2) is 55.7 Å². The van der Waals surface area contributed by atoms with Crippen LogP contribution in [0, 0.1) is 0 Å². The second kappa shape index (κ2) is 8.85. The Bertz CT molecular complexity index is 595. The standard InChI is InChI=1S/C19H29N3O3/c1-5-25-19(24)22-12-10-21(11-13-22)15(4)18(23)20-17-9-7-6-8-16(17)14(2)3/h6-9,14-15H,5,10-13H2,1-4H3,(H,20,23)/p+1/t15-/m0/s1. The summed E-state index contributed by atoms with van der Waals surface area (Å²) in [7, 11) is 0. The van der Waals surface area contributed by atoms with Crippen LogP contribution in [0.4, 0.5) is 10.5 Å². The number of para-hydroxylation sites is 1. The average molecular weight is 348 g/mol. The molecule has 6 heteroatoms. The van der Waals surface area contributed by atoms with Crippen LogP contribution in [0.2, 0.25) is 0 Å². The fraction of sp³-hybridized carbons (Fsp3) is 0.579. The van der Waals surface area contributed by atoms with Gasteiger partial charge in [-0.1, -0.05) is 32.0 Å². The van der Waals surface area contributed by atoms with Gasteiger partial charge in [0.15, 0.2) is 6.04 Å². The maximum Gasteiger partial charge on any atom is 0.410 e. The number of benzene rings is 1. The van der Waals surface area contributed by atoms with Crippen molar-refractivity contribution in [1.82, 2.24) is 4.90 Å². The fourth-order valence-electron chi connectivity index (χ4n) is 3.16. The van der Waals surface area contributed by atoms with Crippen molar-refractivity contribution >= 4 is 17.7 Å². The Hall–Kier alpha value is -2.08. The maximum atomic E-state index is 12.7. The molecule has 1 aliphatic rings. The summed E-state index contributed by atoms with van der Waals surface area (Å²) in [6, 6.07) is 7.78. The summed E-state index contributed by atoms with van der Waals surface area (Å²) in [6.45, 7) is 11.1. The zero-order chi connectivity index (χ0) is 18.4. The number of rotatable bonds is 5. The molecule has 1 heterocycles. The largest absolute Gasteiger partial charge is 0.450 e. The fourth-order valence-corrected chi connectivity index (χ4v) is 3.16. The SMILES string of the molecule is CCOC(=O)N1CC[NH+]([C@@H](C)C(=O)Nc2ccccc2C(C)C)CC1. The van der Waals surface area contributed by atoms with E-state index in [1.807, 2.05) is 25.1 Å². The van der Waals surface area contributed by atoms with Crippen LogP contribution in [0.15, 0.2) is 24.3 Å². The Morgan fingerprint density at radius 1 is 1.20 bits per heavy atom. The number of ether oxygens (including phenoxy) is 1. The van der Waals surface area contributed by atoms with E-state index in [9.17, 15) is 9.59 Å². The summed E-state index contributed by atoms with van der Waals surface area (Å²) < 4.78 is 5.04. The number of anilines is 1. The van der Waals surface area contributed by atoms with Crippen LogP contribution in [-0.2, 0) is 9.53 Å². The first-order chi connectivity index (χ1) is 11.9. The van der Waals surface area contributed by atoms with Crippen LogP contribution >= 0.6 is 0 Å². The molecule has 0 radical (unpaired) electrons. The molecule has 0 spiro atoms. The van der Waals surface area contributed by atoms with Gasteiger partial charge < -0.3 is 15.0 Å². The quantitative estimate of drug-likeness (QED) is 0.848. The molecule has 138 valence electrons. The molecule has 2 rings (SSSR count). The summed E-state index contributed by atoms with van der Waals surface area (Å²) in [5, 5.41) is 3.08. The molecule has 0 bridgehead atoms. The summed E-state index contributed by atoms with van der Waals surface area (Å²) in [6.07, 6.45) is -0.260. The Balaban J connectivity index is 1.92. The molecular formula is C19H30N3O3+. The number of piperazine rings is 1. The van der Waals surface area contributed by atoms with Crippen molar-refractivity contribution in [1.29, 1.82) is 0 Å². The predicted molar refractivity (Wildman–Crippen MR) is 97.9 cm³/mol. The first-order valence-electron chi connectivity index (χ1n) is 9.10. The van der Waals surface area contributed by atoms with Gasteiger partial charge in [0.2, 0.25) is 0 Å². The van der Waals surface area contributed by atoms with Crippen molar-refractivity contribution < 1.29 is 19.2 Å². The lowest BCUT2D eigenvalue weighted by atomic mass is 10.0. The second-order valence-electron chi connectivity index (χ2n) is 6.80. The lowest BCUT2D eigenvalue weighted by molar-refractivity contribution is -0.917. The highest BCUT2D eigenvalue weighted by Crippen LogP contribution is 2.23. The molecule has 1 aliphatic heterocycles. The van der Waals surface area contributed by atoms with Gasteiger partial charge in [-0.15, -0.1) is 0 Å². The molecule has 1 aromatic rings. The summed E-state index contributed by atoms with van der Waals surface area (Å²) in [5.41, 5.74) is 2.03. The number of carbonyl (C=O) groups is 2. The molecule has 0 aromatic heterocycles. The molecule has 6 nitrogen and oxygen atoms in total. The van der Waals surface area contributed by atoms with Gasteiger partial charge in [-0.25, -0.2) is 4.79 Å². The number of hydrogen-bond donors (Lipinski definition) is 2. The van der Waals surface area contributed by atoms with Gasteiger partial charge in [0.25, 0.3) is 5.91 Å². The van der Waals surface area contributed by atoms with Crippen LogP contribution in [0.25, 0.3) is 0 Å². The molecular weight excluding hydrogens is 318 g/mol. The molecule has 1 saturated heterocycles. The van der Waals surface area contributed by atoms with Crippen molar-refractivity contribution in [3.8, 4) is 0 Å². The van der Waals surface area contributed by atoms with Gasteiger partial charge in [-0.05, 0) is 31.4 Å². The minimum Gasteiger partial charge on any atom is -0.450 e. The minimum atomic E-state index is -0.260. The molecule has 2 N–H and O–H groups in total. The van der Waals surface area contributed by atoms with Crippen molar-refractivity contribution in [3.05, 3.63) is 29.8 Å². The molecule has 0 unspecified atom stereocenters. The monoisotopic (exact) mass is 348 g/mol. The highest BCUT2D eigenvalue weighted by molar-refractivity contribution is 5.94. The van der Waals surface area contributed by atoms with E-state index in [1.54, 1.807) is 11.8 Å². The van der Waals surface area contributed by atoms with E-state index in [0.717, 1.165) is 24.3 Å². The van der Waals surface area contributed by atoms with Gasteiger partial charge in [0, 0.05) is 5.69 Å². The summed E-state index contributed by atoms with van der Waals surface area (Å²) in [5.74, 6) is 0.375. The second-order valence-corrected chi connectivity index (χ2v) is 6.80. The number of nitrogens with one attached hydrogen (secondary N) is 2. The number of nitrogens with zero attached hydrogens (tertiary/aromatic N) is 1. The zero-order valence-corrected chi connectivity index (χ0v) is 15.7. The Morgan fingerprint density at radius 3 is 2.44 bits per heavy atom. The molecule has 1 aromatic carbocycles. The molecule has 1 atom stereocenters. The van der Waals surface area contributed by atoms with Gasteiger partial charge >= 0.3 is 6.09 Å². The Morgan fingerprint density at radius 2 is 1.84 bits per heavy atom. The lowest BCUT2D eigenvalue weighted by Crippen LogP contribution is -3.19. The van der Waals surface area contributed by atoms with E-state index in [1.165, 1.54) is 4.90 Å². The van der Waals surface area contributed by atoms with Crippen molar-refractivity contribution in [2.75, 3.05) is 38.1 Å². The first kappa shape index (κ1) is 19.2. The van der Waals surface area contributed by atoms with Gasteiger partial charge in [0.1, 0.15) is 0 Å². The van der Waals surface area contributed by atoms with Crippen LogP contribution in [0.5, 0.6) is 0 Å². The topological polar surface area (TPSA) is 63.1 Å². The smallest absolute Gasteiger partial charge is 0.410 e. The van der Waals surface area contributed by atoms with E-state index in [4.69, 9.17) is 4.74 Å². The van der Waals surface area contributed by atoms with Gasteiger partial charge in [-0.3, -0.25) is 9.69 Å². The molecule has 0 saturated carbocycles. The predicted octanol–water partition coefficient (Wildman–Crippen LogP) is 1.49. The van der Waals surface area contributed by atoms with Crippen molar-refractivity contribution in [3.63, 3.8) is 0 Å². The summed E-state index contributed by atoms with van der Waals surface area (Å²) >= 11 is 0. The number of carbonyl (C=O) groups excluding carboxylic acids is 2. The van der Waals surface area contributed by atoms with Crippen LogP contribution in [0.3, 0.4) is 0 Å². The highest BCUT2D eigenvalue weighted by Gasteiger charge is 2.31. The Labute approximate surface area is 150 Å². The van der Waals surface area contributed by atoms with Crippen molar-refractivity contribution in [2.24, 2.45) is 0 Å². The number of quaternary nitrogens is 1.